The van der Waals surface area contributed by atoms with Crippen LogP contribution in [0.5, 0.6) is 5.75 Å². The van der Waals surface area contributed by atoms with Gasteiger partial charge in [0.2, 0.25) is 0 Å². The number of halogens is 1. The summed E-state index contributed by atoms with van der Waals surface area (Å²) in [5.41, 5.74) is 3.86. The molecule has 3 aromatic rings. The van der Waals surface area contributed by atoms with E-state index in [4.69, 9.17) is 4.74 Å². The lowest BCUT2D eigenvalue weighted by molar-refractivity contribution is -0.138. The Morgan fingerprint density at radius 3 is 2.55 bits per heavy atom. The van der Waals surface area contributed by atoms with E-state index in [0.29, 0.717) is 13.0 Å². The summed E-state index contributed by atoms with van der Waals surface area (Å²) in [6, 6.07) is 12.3. The molecule has 0 spiro atoms. The largest absolute Gasteiger partial charge is 0.493 e. The number of thiazole rings is 1. The van der Waals surface area contributed by atoms with E-state index in [1.807, 2.05) is 30.5 Å². The Balaban J connectivity index is 1.57. The van der Waals surface area contributed by atoms with Crippen LogP contribution in [0.15, 0.2) is 52.2 Å². The number of rotatable bonds is 8. The van der Waals surface area contributed by atoms with Gasteiger partial charge in [0.25, 0.3) is 0 Å². The first-order valence-electron chi connectivity index (χ1n) is 9.11. The SMILES string of the molecule is Cc1cc(-c2ccc(F)cc2)ccc1OCCc1csc(SC(C)(C)C(=O)O)n1. The van der Waals surface area contributed by atoms with Crippen molar-refractivity contribution in [3.05, 3.63) is 64.9 Å². The van der Waals surface area contributed by atoms with Crippen molar-refractivity contribution in [2.24, 2.45) is 0 Å². The molecule has 4 nitrogen and oxygen atoms in total. The van der Waals surface area contributed by atoms with Crippen LogP contribution < -0.4 is 4.74 Å². The lowest BCUT2D eigenvalue weighted by Gasteiger charge is -2.15. The number of aromatic nitrogens is 1. The summed E-state index contributed by atoms with van der Waals surface area (Å²) in [6.45, 7) is 5.80. The van der Waals surface area contributed by atoms with Gasteiger partial charge in [-0.2, -0.15) is 0 Å². The smallest absolute Gasteiger partial charge is 0.319 e. The molecule has 0 unspecified atom stereocenters. The minimum atomic E-state index is -0.908. The molecule has 0 saturated heterocycles. The fourth-order valence-corrected chi connectivity index (χ4v) is 4.84. The lowest BCUT2D eigenvalue weighted by atomic mass is 10.0. The van der Waals surface area contributed by atoms with Crippen molar-refractivity contribution in [2.45, 2.75) is 36.3 Å². The number of hydrogen-bond donors (Lipinski definition) is 1. The Morgan fingerprint density at radius 2 is 1.90 bits per heavy atom. The number of carboxylic acid groups (broad SMARTS) is 1. The summed E-state index contributed by atoms with van der Waals surface area (Å²) in [7, 11) is 0. The molecule has 152 valence electrons. The van der Waals surface area contributed by atoms with Crippen molar-refractivity contribution in [2.75, 3.05) is 6.61 Å². The van der Waals surface area contributed by atoms with Crippen molar-refractivity contribution >= 4 is 29.1 Å². The van der Waals surface area contributed by atoms with Crippen molar-refractivity contribution in [3.8, 4) is 16.9 Å². The monoisotopic (exact) mass is 431 g/mol. The predicted octanol–water partition coefficient (Wildman–Crippen LogP) is 5.83. The van der Waals surface area contributed by atoms with E-state index in [0.717, 1.165) is 32.5 Å². The third-order valence-corrected chi connectivity index (χ3v) is 6.53. The number of aliphatic carboxylic acids is 1. The lowest BCUT2D eigenvalue weighted by Crippen LogP contribution is -2.26. The Morgan fingerprint density at radius 1 is 1.21 bits per heavy atom. The fourth-order valence-electron chi connectivity index (χ4n) is 2.61. The average Bonchev–Trinajstić information content (AvgIpc) is 3.10. The van der Waals surface area contributed by atoms with Gasteiger partial charge >= 0.3 is 5.97 Å². The molecule has 7 heteroatoms. The molecule has 3 rings (SSSR count). The van der Waals surface area contributed by atoms with Gasteiger partial charge in [0, 0.05) is 11.8 Å². The van der Waals surface area contributed by atoms with Gasteiger partial charge in [-0.25, -0.2) is 9.37 Å². The second kappa shape index (κ2) is 8.97. The first-order valence-corrected chi connectivity index (χ1v) is 10.8. The van der Waals surface area contributed by atoms with E-state index in [1.54, 1.807) is 26.0 Å². The number of hydrogen-bond acceptors (Lipinski definition) is 5. The van der Waals surface area contributed by atoms with E-state index in [1.165, 1.54) is 35.2 Å². The van der Waals surface area contributed by atoms with Crippen LogP contribution in [0.1, 0.15) is 25.1 Å². The summed E-state index contributed by atoms with van der Waals surface area (Å²) in [5.74, 6) is -0.310. The molecule has 0 aliphatic rings. The summed E-state index contributed by atoms with van der Waals surface area (Å²) < 4.78 is 18.8. The van der Waals surface area contributed by atoms with E-state index < -0.39 is 10.7 Å². The molecule has 1 N–H and O–H groups in total. The standard InChI is InChI=1S/C22H22FNO3S2/c1-14-12-16(15-4-7-17(23)8-5-15)6-9-19(14)27-11-10-18-13-28-21(24-18)29-22(2,3)20(25)26/h4-9,12-13H,10-11H2,1-3H3,(H,25,26). The van der Waals surface area contributed by atoms with E-state index >= 15 is 0 Å². The Kier molecular flexibility index (Phi) is 6.59. The van der Waals surface area contributed by atoms with Crippen LogP contribution in [0.3, 0.4) is 0 Å². The van der Waals surface area contributed by atoms with Crippen molar-refractivity contribution < 1.29 is 19.0 Å². The van der Waals surface area contributed by atoms with Gasteiger partial charge in [-0.15, -0.1) is 11.3 Å². The van der Waals surface area contributed by atoms with Crippen molar-refractivity contribution in [1.29, 1.82) is 0 Å². The molecule has 1 heterocycles. The number of benzene rings is 2. The summed E-state index contributed by atoms with van der Waals surface area (Å²) in [4.78, 5) is 15.7. The van der Waals surface area contributed by atoms with Gasteiger partial charge in [-0.3, -0.25) is 4.79 Å². The third kappa shape index (κ3) is 5.58. The van der Waals surface area contributed by atoms with Gasteiger partial charge in [0.1, 0.15) is 16.3 Å². The van der Waals surface area contributed by atoms with Gasteiger partial charge in [-0.05, 0) is 61.7 Å². The highest BCUT2D eigenvalue weighted by Gasteiger charge is 2.29. The molecule has 2 aromatic carbocycles. The van der Waals surface area contributed by atoms with Crippen LogP contribution in [-0.4, -0.2) is 27.4 Å². The number of aryl methyl sites for hydroxylation is 1. The molecule has 0 bridgehead atoms. The van der Waals surface area contributed by atoms with E-state index in [-0.39, 0.29) is 5.82 Å². The van der Waals surface area contributed by atoms with Gasteiger partial charge < -0.3 is 9.84 Å². The quantitative estimate of drug-likeness (QED) is 0.455. The Labute approximate surface area is 177 Å². The zero-order valence-electron chi connectivity index (χ0n) is 16.4. The first kappa shape index (κ1) is 21.3. The predicted molar refractivity (Wildman–Crippen MR) is 115 cm³/mol. The van der Waals surface area contributed by atoms with Crippen molar-refractivity contribution in [1.82, 2.24) is 4.98 Å². The normalized spacial score (nSPS) is 11.4. The molecule has 0 amide bonds. The van der Waals surface area contributed by atoms with Crippen LogP contribution in [0.2, 0.25) is 0 Å². The van der Waals surface area contributed by atoms with Crippen LogP contribution in [0, 0.1) is 12.7 Å². The number of thioether (sulfide) groups is 1. The zero-order chi connectivity index (χ0) is 21.0. The third-order valence-electron chi connectivity index (χ3n) is 4.36. The van der Waals surface area contributed by atoms with Gasteiger partial charge in [0.15, 0.2) is 4.34 Å². The Bertz CT molecular complexity index is 1000. The highest BCUT2D eigenvalue weighted by molar-refractivity contribution is 8.02. The molecule has 0 aliphatic heterocycles. The van der Waals surface area contributed by atoms with Gasteiger partial charge in [-0.1, -0.05) is 30.0 Å². The summed E-state index contributed by atoms with van der Waals surface area (Å²) >= 11 is 2.70. The topological polar surface area (TPSA) is 59.4 Å². The Hall–Kier alpha value is -2.38. The average molecular weight is 432 g/mol. The van der Waals surface area contributed by atoms with E-state index in [9.17, 15) is 14.3 Å². The van der Waals surface area contributed by atoms with Gasteiger partial charge in [0.05, 0.1) is 12.3 Å². The maximum atomic E-state index is 13.1. The summed E-state index contributed by atoms with van der Waals surface area (Å²) in [6.07, 6.45) is 0.643. The maximum absolute atomic E-state index is 13.1. The highest BCUT2D eigenvalue weighted by Crippen LogP contribution is 2.34. The van der Waals surface area contributed by atoms with Crippen LogP contribution in [0.4, 0.5) is 4.39 Å². The van der Waals surface area contributed by atoms with E-state index in [2.05, 4.69) is 4.98 Å². The summed E-state index contributed by atoms with van der Waals surface area (Å²) in [5, 5.41) is 11.2. The fraction of sp³-hybridized carbons (Fsp3) is 0.273. The highest BCUT2D eigenvalue weighted by atomic mass is 32.2. The molecule has 0 saturated carbocycles. The molecule has 0 fully saturated rings. The number of carboxylic acids is 1. The molecule has 29 heavy (non-hydrogen) atoms. The molecular weight excluding hydrogens is 409 g/mol. The minimum absolute atomic E-state index is 0.249. The molecule has 0 atom stereocenters. The maximum Gasteiger partial charge on any atom is 0.319 e. The second-order valence-corrected chi connectivity index (χ2v) is 9.84. The molecular formula is C22H22FNO3S2. The second-order valence-electron chi connectivity index (χ2n) is 7.11. The minimum Gasteiger partial charge on any atom is -0.493 e. The van der Waals surface area contributed by atoms with Crippen LogP contribution in [-0.2, 0) is 11.2 Å². The number of carbonyl (C=O) groups is 1. The number of ether oxygens (including phenoxy) is 1. The van der Waals surface area contributed by atoms with Crippen molar-refractivity contribution in [3.63, 3.8) is 0 Å². The molecule has 0 radical (unpaired) electrons. The zero-order valence-corrected chi connectivity index (χ0v) is 18.1. The van der Waals surface area contributed by atoms with Crippen LogP contribution >= 0.6 is 23.1 Å². The molecule has 1 aromatic heterocycles. The first-order chi connectivity index (χ1) is 13.7. The molecule has 0 aliphatic carbocycles. The number of nitrogens with zero attached hydrogens (tertiary/aromatic N) is 1. The van der Waals surface area contributed by atoms with Crippen LogP contribution in [0.25, 0.3) is 11.1 Å².